The molecular weight excluding hydrogens is 534 g/mol. The molecule has 40 heavy (non-hydrogen) atoms. The number of phenols is 1. The van der Waals surface area contributed by atoms with Crippen molar-refractivity contribution in [2.24, 2.45) is 10.2 Å². The fourth-order valence-corrected chi connectivity index (χ4v) is 4.24. The molecule has 0 heterocycles. The molecule has 0 radical (unpaired) electrons. The summed E-state index contributed by atoms with van der Waals surface area (Å²) in [5.41, 5.74) is 6.95. The van der Waals surface area contributed by atoms with E-state index in [0.717, 1.165) is 5.56 Å². The molecule has 4 aromatic rings. The predicted octanol–water partition coefficient (Wildman–Crippen LogP) is 6.09. The van der Waals surface area contributed by atoms with E-state index in [2.05, 4.69) is 21.0 Å². The first-order chi connectivity index (χ1) is 19.0. The summed E-state index contributed by atoms with van der Waals surface area (Å²) in [6.07, 6.45) is 0. The fraction of sp³-hybridized carbons (Fsp3) is 0.107. The summed E-state index contributed by atoms with van der Waals surface area (Å²) in [5.74, 6) is 0.212. The third kappa shape index (κ3) is 6.92. The van der Waals surface area contributed by atoms with Gasteiger partial charge in [0.25, 0.3) is 16.0 Å². The average molecular weight is 562 g/mol. The van der Waals surface area contributed by atoms with Gasteiger partial charge in [-0.3, -0.25) is 19.8 Å². The Labute approximate surface area is 231 Å². The van der Waals surface area contributed by atoms with E-state index in [1.54, 1.807) is 72.7 Å². The van der Waals surface area contributed by atoms with Crippen molar-refractivity contribution in [3.63, 3.8) is 0 Å². The summed E-state index contributed by atoms with van der Waals surface area (Å²) in [4.78, 5) is 12.7. The van der Waals surface area contributed by atoms with Gasteiger partial charge in [0, 0.05) is 18.7 Å². The van der Waals surface area contributed by atoms with Gasteiger partial charge >= 0.3 is 0 Å². The number of amides is 1. The second-order valence-electron chi connectivity index (χ2n) is 8.73. The molecule has 0 atom stereocenters. The van der Waals surface area contributed by atoms with Gasteiger partial charge in [-0.25, -0.2) is 0 Å². The van der Waals surface area contributed by atoms with Crippen LogP contribution < -0.4 is 20.5 Å². The second-order valence-corrected chi connectivity index (χ2v) is 10.2. The third-order valence-corrected chi connectivity index (χ3v) is 6.68. The Kier molecular flexibility index (Phi) is 8.31. The first-order valence-corrected chi connectivity index (χ1v) is 13.4. The van der Waals surface area contributed by atoms with E-state index in [4.69, 9.17) is 4.74 Å². The van der Waals surface area contributed by atoms with E-state index in [1.165, 1.54) is 31.4 Å². The normalized spacial score (nSPS) is 11.3. The summed E-state index contributed by atoms with van der Waals surface area (Å²) >= 11 is 0. The molecule has 0 aliphatic heterocycles. The number of anilines is 3. The monoisotopic (exact) mass is 561 g/mol. The lowest BCUT2D eigenvalue weighted by Gasteiger charge is -2.23. The third-order valence-electron chi connectivity index (χ3n) is 5.83. The highest BCUT2D eigenvalue weighted by Crippen LogP contribution is 2.31. The van der Waals surface area contributed by atoms with Crippen molar-refractivity contribution in [3.8, 4) is 11.5 Å². The number of hydrogen-bond donors (Lipinski definition) is 4. The summed E-state index contributed by atoms with van der Waals surface area (Å²) in [6, 6.07) is 22.3. The number of carbonyl (C=O) groups excluding carboxylic acids is 1. The number of methoxy groups -OCH3 is 1. The number of nitrogens with one attached hydrogen (secondary N) is 2. The lowest BCUT2D eigenvalue weighted by Crippen LogP contribution is -2.24. The number of aromatic hydroxyl groups is 1. The summed E-state index contributed by atoms with van der Waals surface area (Å²) in [7, 11) is -1.14. The van der Waals surface area contributed by atoms with Crippen molar-refractivity contribution in [1.82, 2.24) is 0 Å². The fourth-order valence-electron chi connectivity index (χ4n) is 3.71. The van der Waals surface area contributed by atoms with E-state index in [0.29, 0.717) is 39.7 Å². The highest BCUT2D eigenvalue weighted by molar-refractivity contribution is 7.85. The van der Waals surface area contributed by atoms with Crippen molar-refractivity contribution in [2.75, 3.05) is 29.9 Å². The molecule has 1 amide bonds. The molecule has 12 heteroatoms. The molecule has 206 valence electrons. The van der Waals surface area contributed by atoms with Gasteiger partial charge in [-0.1, -0.05) is 6.07 Å². The molecule has 4 rings (SSSR count). The number of ether oxygens (including phenoxy) is 1. The zero-order chi connectivity index (χ0) is 28.9. The van der Waals surface area contributed by atoms with Crippen molar-refractivity contribution in [2.45, 2.75) is 11.8 Å². The molecule has 0 aliphatic carbocycles. The lowest BCUT2D eigenvalue weighted by molar-refractivity contribution is 0.102. The zero-order valence-electron chi connectivity index (χ0n) is 21.9. The zero-order valence-corrected chi connectivity index (χ0v) is 22.7. The van der Waals surface area contributed by atoms with Crippen LogP contribution in [-0.2, 0) is 10.1 Å². The van der Waals surface area contributed by atoms with Gasteiger partial charge in [0.1, 0.15) is 11.5 Å². The second kappa shape index (κ2) is 11.8. The van der Waals surface area contributed by atoms with Crippen LogP contribution >= 0.6 is 0 Å². The molecule has 0 aromatic heterocycles. The van der Waals surface area contributed by atoms with Gasteiger partial charge in [0.05, 0.1) is 40.4 Å². The van der Waals surface area contributed by atoms with Crippen LogP contribution in [0.4, 0.5) is 28.4 Å². The van der Waals surface area contributed by atoms with E-state index in [1.807, 2.05) is 6.92 Å². The molecule has 0 saturated carbocycles. The minimum absolute atomic E-state index is 0.158. The van der Waals surface area contributed by atoms with E-state index >= 15 is 0 Å². The minimum Gasteiger partial charge on any atom is -0.508 e. The Morgan fingerprint density at radius 1 is 0.950 bits per heavy atom. The number of azo groups is 1. The highest BCUT2D eigenvalue weighted by Gasteiger charge is 2.14. The Hall–Kier alpha value is -4.94. The van der Waals surface area contributed by atoms with Crippen molar-refractivity contribution in [3.05, 3.63) is 96.1 Å². The van der Waals surface area contributed by atoms with Crippen LogP contribution in [0.3, 0.4) is 0 Å². The summed E-state index contributed by atoms with van der Waals surface area (Å²) < 4.78 is 37.6. The maximum atomic E-state index is 12.9. The van der Waals surface area contributed by atoms with Gasteiger partial charge in [-0.05, 0) is 85.3 Å². The van der Waals surface area contributed by atoms with Gasteiger partial charge in [0.15, 0.2) is 0 Å². The lowest BCUT2D eigenvalue weighted by atomic mass is 10.2. The van der Waals surface area contributed by atoms with Crippen molar-refractivity contribution >= 4 is 44.5 Å². The molecule has 0 bridgehead atoms. The smallest absolute Gasteiger partial charge is 0.294 e. The number of hydrogen-bond acceptors (Lipinski definition) is 9. The van der Waals surface area contributed by atoms with Crippen LogP contribution in [0.1, 0.15) is 15.9 Å². The van der Waals surface area contributed by atoms with Crippen LogP contribution in [0.2, 0.25) is 0 Å². The minimum atomic E-state index is -4.33. The van der Waals surface area contributed by atoms with Crippen LogP contribution in [0.5, 0.6) is 11.5 Å². The maximum Gasteiger partial charge on any atom is 0.294 e. The number of rotatable bonds is 9. The predicted molar refractivity (Wildman–Crippen MR) is 153 cm³/mol. The van der Waals surface area contributed by atoms with E-state index in [9.17, 15) is 22.9 Å². The molecule has 11 nitrogen and oxygen atoms in total. The number of carbonyl (C=O) groups is 1. The number of benzene rings is 4. The number of nitrogens with zero attached hydrogens (tertiary/aromatic N) is 3. The largest absolute Gasteiger partial charge is 0.508 e. The topological polar surface area (TPSA) is 153 Å². The molecule has 0 aliphatic rings. The van der Waals surface area contributed by atoms with Crippen LogP contribution in [-0.4, -0.2) is 38.1 Å². The Morgan fingerprint density at radius 2 is 1.70 bits per heavy atom. The molecule has 4 aromatic carbocycles. The molecule has 0 spiro atoms. The SMILES string of the molecule is COc1cc(N(C)Nc2cccc(S(=O)(=O)O)c2)ccc1NC(=O)c1ccc(N=Nc2ccc(O)cc2C)cc1. The summed E-state index contributed by atoms with van der Waals surface area (Å²) in [6.45, 7) is 1.82. The first-order valence-electron chi connectivity index (χ1n) is 11.9. The highest BCUT2D eigenvalue weighted by atomic mass is 32.2. The van der Waals surface area contributed by atoms with Gasteiger partial charge in [-0.15, -0.1) is 0 Å². The van der Waals surface area contributed by atoms with Gasteiger partial charge in [0.2, 0.25) is 0 Å². The Morgan fingerprint density at radius 3 is 2.38 bits per heavy atom. The Balaban J connectivity index is 1.43. The molecule has 0 saturated heterocycles. The van der Waals surface area contributed by atoms with Gasteiger partial charge < -0.3 is 15.2 Å². The Bertz CT molecular complexity index is 1670. The first kappa shape index (κ1) is 28.1. The molecular formula is C28H27N5O6S. The molecule has 0 unspecified atom stereocenters. The summed E-state index contributed by atoms with van der Waals surface area (Å²) in [5, 5.41) is 22.4. The number of hydrazine groups is 1. The maximum absolute atomic E-state index is 12.9. The van der Waals surface area contributed by atoms with Crippen LogP contribution in [0.25, 0.3) is 0 Å². The van der Waals surface area contributed by atoms with Crippen molar-refractivity contribution in [1.29, 1.82) is 0 Å². The number of phenolic OH excluding ortho intramolecular Hbond substituents is 1. The average Bonchev–Trinajstić information content (AvgIpc) is 2.92. The van der Waals surface area contributed by atoms with E-state index < -0.39 is 10.1 Å². The quantitative estimate of drug-likeness (QED) is 0.109. The van der Waals surface area contributed by atoms with Gasteiger partial charge in [-0.2, -0.15) is 18.6 Å². The van der Waals surface area contributed by atoms with Crippen LogP contribution in [0.15, 0.2) is 100 Å². The van der Waals surface area contributed by atoms with Crippen LogP contribution in [0, 0.1) is 6.92 Å². The van der Waals surface area contributed by atoms with E-state index in [-0.39, 0.29) is 16.6 Å². The number of aryl methyl sites for hydroxylation is 1. The standard InChI is InChI=1S/C28H27N5O6S/c1-18-15-23(34)12-14-25(18)31-30-20-9-7-19(8-10-20)28(35)29-26-13-11-22(17-27(26)39-3)33(2)32-21-5-4-6-24(16-21)40(36,37)38/h4-17,32,34H,1-3H3,(H,29,35)(H,36,37,38). The van der Waals surface area contributed by atoms with Crippen molar-refractivity contribution < 1.29 is 27.6 Å². The molecule has 0 fully saturated rings. The molecule has 4 N–H and O–H groups in total.